The van der Waals surface area contributed by atoms with Crippen LogP contribution in [0.1, 0.15) is 42.0 Å². The number of hydrogen-bond acceptors (Lipinski definition) is 6. The minimum absolute atomic E-state index is 0.0322. The Kier molecular flexibility index (Phi) is 6.17. The predicted octanol–water partition coefficient (Wildman–Crippen LogP) is 5.64. The van der Waals surface area contributed by atoms with Gasteiger partial charge in [-0.2, -0.15) is 10.2 Å². The Morgan fingerprint density at radius 2 is 2.11 bits per heavy atom. The zero-order chi connectivity index (χ0) is 25.6. The number of fused-ring (bicyclic) bond motifs is 1. The van der Waals surface area contributed by atoms with Crippen molar-refractivity contribution in [3.63, 3.8) is 0 Å². The number of nitro groups is 1. The topological polar surface area (TPSA) is 101 Å². The first-order valence-corrected chi connectivity index (χ1v) is 12.1. The van der Waals surface area contributed by atoms with E-state index in [2.05, 4.69) is 32.6 Å². The van der Waals surface area contributed by atoms with Crippen LogP contribution in [-0.2, 0) is 20.0 Å². The van der Waals surface area contributed by atoms with E-state index >= 15 is 0 Å². The highest BCUT2D eigenvalue weighted by molar-refractivity contribution is 9.10. The van der Waals surface area contributed by atoms with Crippen LogP contribution in [0.3, 0.4) is 0 Å². The van der Waals surface area contributed by atoms with Crippen LogP contribution in [0.15, 0.2) is 53.8 Å². The fourth-order valence-corrected chi connectivity index (χ4v) is 4.74. The van der Waals surface area contributed by atoms with Crippen molar-refractivity contribution in [1.82, 2.24) is 24.5 Å². The summed E-state index contributed by atoms with van der Waals surface area (Å²) in [7, 11) is 1.80. The fourth-order valence-electron chi connectivity index (χ4n) is 4.43. The lowest BCUT2D eigenvalue weighted by Crippen LogP contribution is -2.08. The number of pyridine rings is 1. The van der Waals surface area contributed by atoms with E-state index in [9.17, 15) is 14.5 Å². The number of nitrogens with zero attached hydrogens (tertiary/aromatic N) is 6. The van der Waals surface area contributed by atoms with Gasteiger partial charge >= 0.3 is 5.82 Å². The molecule has 1 aliphatic heterocycles. The Morgan fingerprint density at radius 3 is 2.86 bits per heavy atom. The van der Waals surface area contributed by atoms with Crippen LogP contribution >= 0.6 is 15.9 Å². The maximum absolute atomic E-state index is 14.4. The molecule has 5 rings (SSSR count). The molecule has 184 valence electrons. The van der Waals surface area contributed by atoms with Crippen molar-refractivity contribution in [1.29, 1.82) is 0 Å². The third-order valence-corrected chi connectivity index (χ3v) is 6.55. The summed E-state index contributed by atoms with van der Waals surface area (Å²) in [6.07, 6.45) is 4.47. The average Bonchev–Trinajstić information content (AvgIpc) is 3.53. The van der Waals surface area contributed by atoms with Gasteiger partial charge in [0.05, 0.1) is 10.2 Å². The van der Waals surface area contributed by atoms with Crippen LogP contribution in [0, 0.1) is 15.9 Å². The van der Waals surface area contributed by atoms with E-state index in [4.69, 9.17) is 9.84 Å². The Balaban J connectivity index is 1.55. The lowest BCUT2D eigenvalue weighted by molar-refractivity contribution is -0.390. The molecule has 1 aliphatic rings. The van der Waals surface area contributed by atoms with Crippen LogP contribution in [-0.4, -0.2) is 29.5 Å². The van der Waals surface area contributed by atoms with Gasteiger partial charge in [-0.3, -0.25) is 9.36 Å². The van der Waals surface area contributed by atoms with Gasteiger partial charge in [-0.15, -0.1) is 0 Å². The number of halogens is 2. The minimum atomic E-state index is -0.759. The van der Waals surface area contributed by atoms with Crippen molar-refractivity contribution in [3.05, 3.63) is 92.2 Å². The minimum Gasteiger partial charge on any atom is -0.478 e. The second kappa shape index (κ2) is 9.30. The molecule has 4 heterocycles. The van der Waals surface area contributed by atoms with E-state index in [-0.39, 0.29) is 5.75 Å². The Morgan fingerprint density at radius 1 is 1.31 bits per heavy atom. The molecule has 0 spiro atoms. The summed E-state index contributed by atoms with van der Waals surface area (Å²) in [5.41, 5.74) is 5.08. The summed E-state index contributed by atoms with van der Waals surface area (Å²) >= 11 is 3.27. The SMILES string of the molecule is C=C(c1cc2n(n1)CCC2)c1cn(C)nc1-c1ccc(F)cc1[C@@H](C)Oc1cc(Br)cnc1[N+](=O)[O-]. The number of aryl methyl sites for hydroxylation is 3. The molecule has 0 saturated heterocycles. The standard InChI is InChI=1S/C25H22BrFN6O3/c1-14(22-11-18-5-4-8-32(18)29-22)21-13-31(3)30-24(21)19-7-6-17(27)10-20(19)15(2)36-23-9-16(26)12-28-25(23)33(34)35/h6-7,9-13,15H,1,4-5,8H2,2-3H3/t15-/m1/s1. The van der Waals surface area contributed by atoms with Crippen LogP contribution in [0.4, 0.5) is 10.2 Å². The molecule has 0 unspecified atom stereocenters. The molecule has 9 nitrogen and oxygen atoms in total. The highest BCUT2D eigenvalue weighted by Crippen LogP contribution is 2.38. The summed E-state index contributed by atoms with van der Waals surface area (Å²) in [5.74, 6) is -0.925. The van der Waals surface area contributed by atoms with Crippen LogP contribution in [0.2, 0.25) is 0 Å². The number of hydrogen-bond donors (Lipinski definition) is 0. The van der Waals surface area contributed by atoms with Gasteiger partial charge in [0.2, 0.25) is 5.75 Å². The van der Waals surface area contributed by atoms with Gasteiger partial charge in [0.25, 0.3) is 0 Å². The van der Waals surface area contributed by atoms with E-state index < -0.39 is 22.7 Å². The summed E-state index contributed by atoms with van der Waals surface area (Å²) in [4.78, 5) is 14.7. The van der Waals surface area contributed by atoms with E-state index in [0.717, 1.165) is 30.6 Å². The third-order valence-electron chi connectivity index (χ3n) is 6.11. The first kappa shape index (κ1) is 23.9. The Bertz CT molecular complexity index is 1490. The highest BCUT2D eigenvalue weighted by atomic mass is 79.9. The van der Waals surface area contributed by atoms with Crippen molar-refractivity contribution in [2.75, 3.05) is 0 Å². The maximum atomic E-state index is 14.4. The number of benzene rings is 1. The molecule has 0 aliphatic carbocycles. The number of aromatic nitrogens is 5. The summed E-state index contributed by atoms with van der Waals surface area (Å²) in [5, 5.41) is 20.8. The monoisotopic (exact) mass is 552 g/mol. The summed E-state index contributed by atoms with van der Waals surface area (Å²) in [6.45, 7) is 6.86. The second-order valence-corrected chi connectivity index (χ2v) is 9.53. The molecule has 0 radical (unpaired) electrons. The lowest BCUT2D eigenvalue weighted by Gasteiger charge is -2.18. The maximum Gasteiger partial charge on any atom is 0.406 e. The summed E-state index contributed by atoms with van der Waals surface area (Å²) in [6, 6.07) is 7.84. The summed E-state index contributed by atoms with van der Waals surface area (Å²) < 4.78 is 24.5. The molecule has 11 heteroatoms. The van der Waals surface area contributed by atoms with Gasteiger partial charge in [0.15, 0.2) is 6.20 Å². The fraction of sp³-hybridized carbons (Fsp3) is 0.240. The molecule has 0 saturated carbocycles. The smallest absolute Gasteiger partial charge is 0.406 e. The molecule has 1 atom stereocenters. The predicted molar refractivity (Wildman–Crippen MR) is 135 cm³/mol. The van der Waals surface area contributed by atoms with Gasteiger partial charge < -0.3 is 14.9 Å². The van der Waals surface area contributed by atoms with Gasteiger partial charge in [0.1, 0.15) is 17.6 Å². The Labute approximate surface area is 214 Å². The van der Waals surface area contributed by atoms with Crippen LogP contribution in [0.5, 0.6) is 5.75 Å². The van der Waals surface area contributed by atoms with Gasteiger partial charge in [-0.05, 0) is 69.9 Å². The van der Waals surface area contributed by atoms with Crippen LogP contribution < -0.4 is 4.74 Å². The van der Waals surface area contributed by atoms with E-state index in [1.807, 2.05) is 16.9 Å². The molecule has 0 amide bonds. The zero-order valence-corrected chi connectivity index (χ0v) is 21.2. The molecule has 0 bridgehead atoms. The molecule has 0 N–H and O–H groups in total. The van der Waals surface area contributed by atoms with Gasteiger partial charge in [-0.25, -0.2) is 4.39 Å². The lowest BCUT2D eigenvalue weighted by atomic mass is 9.95. The first-order chi connectivity index (χ1) is 17.2. The van der Waals surface area contributed by atoms with E-state index in [1.165, 1.54) is 30.1 Å². The third kappa shape index (κ3) is 4.41. The normalized spacial score (nSPS) is 13.4. The number of ether oxygens (including phenoxy) is 1. The number of rotatable bonds is 7. The molecule has 36 heavy (non-hydrogen) atoms. The Hall–Kier alpha value is -3.86. The molecule has 0 fully saturated rings. The van der Waals surface area contributed by atoms with E-state index in [1.54, 1.807) is 24.7 Å². The van der Waals surface area contributed by atoms with Crippen molar-refractivity contribution in [3.8, 4) is 17.0 Å². The first-order valence-electron chi connectivity index (χ1n) is 11.3. The quantitative estimate of drug-likeness (QED) is 0.217. The largest absolute Gasteiger partial charge is 0.478 e. The van der Waals surface area contributed by atoms with E-state index in [0.29, 0.717) is 26.9 Å². The van der Waals surface area contributed by atoms with Crippen molar-refractivity contribution in [2.45, 2.75) is 32.4 Å². The van der Waals surface area contributed by atoms with Gasteiger partial charge in [-0.1, -0.05) is 6.58 Å². The van der Waals surface area contributed by atoms with Crippen molar-refractivity contribution < 1.29 is 14.1 Å². The molecular formula is C25H22BrFN6O3. The van der Waals surface area contributed by atoms with Gasteiger partial charge in [0, 0.05) is 53.8 Å². The van der Waals surface area contributed by atoms with Crippen molar-refractivity contribution >= 4 is 27.3 Å². The van der Waals surface area contributed by atoms with Crippen molar-refractivity contribution in [2.24, 2.45) is 7.05 Å². The zero-order valence-electron chi connectivity index (χ0n) is 19.6. The average molecular weight is 553 g/mol. The second-order valence-electron chi connectivity index (χ2n) is 8.62. The van der Waals surface area contributed by atoms with Crippen LogP contribution in [0.25, 0.3) is 16.8 Å². The molecular weight excluding hydrogens is 531 g/mol. The molecule has 3 aromatic heterocycles. The molecule has 4 aromatic rings. The highest BCUT2D eigenvalue weighted by Gasteiger charge is 2.25. The molecule has 1 aromatic carbocycles.